The monoisotopic (exact) mass is 345 g/mol. The van der Waals surface area contributed by atoms with Crippen molar-refractivity contribution in [2.24, 2.45) is 5.18 Å². The van der Waals surface area contributed by atoms with E-state index in [1.54, 1.807) is 12.1 Å². The lowest BCUT2D eigenvalue weighted by Crippen LogP contribution is -2.44. The van der Waals surface area contributed by atoms with Crippen LogP contribution < -0.4 is 15.4 Å². The molecule has 1 aromatic rings. The van der Waals surface area contributed by atoms with Gasteiger partial charge in [0.25, 0.3) is 5.91 Å². The molecule has 25 heavy (non-hydrogen) atoms. The Morgan fingerprint density at radius 2 is 2.36 bits per heavy atom. The number of nitroso groups, excluding NO2 is 1. The summed E-state index contributed by atoms with van der Waals surface area (Å²) in [6.45, 7) is 3.03. The number of carbonyl (C=O) groups is 2. The quantitative estimate of drug-likeness (QED) is 0.428. The first-order valence-electron chi connectivity index (χ1n) is 8.36. The fraction of sp³-hybridized carbons (Fsp3) is 0.471. The first-order valence-corrected chi connectivity index (χ1v) is 8.36. The maximum Gasteiger partial charge on any atom is 0.251 e. The number of nitrogens with zero attached hydrogens (tertiary/aromatic N) is 2. The highest BCUT2D eigenvalue weighted by atomic mass is 16.5. The number of fused-ring (bicyclic) bond motifs is 2. The van der Waals surface area contributed by atoms with Gasteiger partial charge in [-0.1, -0.05) is 5.18 Å². The molecule has 0 bridgehead atoms. The number of benzene rings is 1. The van der Waals surface area contributed by atoms with Gasteiger partial charge in [-0.3, -0.25) is 4.79 Å². The Morgan fingerprint density at radius 3 is 3.16 bits per heavy atom. The average Bonchev–Trinajstić information content (AvgIpc) is 2.65. The van der Waals surface area contributed by atoms with E-state index in [4.69, 9.17) is 4.74 Å². The Hall–Kier alpha value is -2.61. The van der Waals surface area contributed by atoms with Crippen molar-refractivity contribution in [1.82, 2.24) is 10.6 Å². The summed E-state index contributed by atoms with van der Waals surface area (Å²) in [5.74, 6) is 0.372. The first kappa shape index (κ1) is 17.2. The minimum absolute atomic E-state index is 0.0554. The Kier molecular flexibility index (Phi) is 5.49. The highest BCUT2D eigenvalue weighted by Crippen LogP contribution is 2.31. The second-order valence-electron chi connectivity index (χ2n) is 6.09. The average molecular weight is 345 g/mol. The Labute approximate surface area is 145 Å². The van der Waals surface area contributed by atoms with E-state index in [9.17, 15) is 14.5 Å². The number of carbonyl (C=O) groups excluding carboxylic acids is 2. The maximum atomic E-state index is 12.4. The molecule has 0 aliphatic carbocycles. The smallest absolute Gasteiger partial charge is 0.251 e. The summed E-state index contributed by atoms with van der Waals surface area (Å²) < 4.78 is 8.01. The number of aldehydes is 1. The van der Waals surface area contributed by atoms with Crippen LogP contribution in [0.5, 0.6) is 5.75 Å². The zero-order chi connectivity index (χ0) is 17.6. The van der Waals surface area contributed by atoms with Crippen LogP contribution >= 0.6 is 0 Å². The molecule has 2 aliphatic rings. The predicted molar refractivity (Wildman–Crippen MR) is 91.8 cm³/mol. The summed E-state index contributed by atoms with van der Waals surface area (Å²) in [5.41, 5.74) is 2.60. The molecule has 0 fully saturated rings. The number of nitrogens with one attached hydrogen (secondary N) is 2. The van der Waals surface area contributed by atoms with E-state index in [0.29, 0.717) is 24.3 Å². The molecule has 8 nitrogen and oxygen atoms in total. The normalized spacial score (nSPS) is 17.0. The number of ether oxygens (including phenoxy) is 1. The fourth-order valence-electron chi connectivity index (χ4n) is 3.09. The topological polar surface area (TPSA) is 99.9 Å². The lowest BCUT2D eigenvalue weighted by Gasteiger charge is -2.22. The van der Waals surface area contributed by atoms with Gasteiger partial charge in [0.2, 0.25) is 11.4 Å². The molecular formula is C17H21N4O4+. The van der Waals surface area contributed by atoms with Gasteiger partial charge < -0.3 is 20.2 Å². The number of hydrogen-bond donors (Lipinski definition) is 2. The van der Waals surface area contributed by atoms with Crippen LogP contribution in [0.3, 0.4) is 0 Å². The van der Waals surface area contributed by atoms with Crippen molar-refractivity contribution < 1.29 is 18.9 Å². The van der Waals surface area contributed by atoms with Crippen LogP contribution in [0.25, 0.3) is 0 Å². The van der Waals surface area contributed by atoms with Crippen LogP contribution in [0.15, 0.2) is 23.4 Å². The van der Waals surface area contributed by atoms with E-state index in [1.165, 1.54) is 5.71 Å². The molecule has 2 N–H and O–H groups in total. The Morgan fingerprint density at radius 1 is 1.48 bits per heavy atom. The summed E-state index contributed by atoms with van der Waals surface area (Å²) >= 11 is 0. The second-order valence-corrected chi connectivity index (χ2v) is 6.09. The third-order valence-corrected chi connectivity index (χ3v) is 4.39. The third-order valence-electron chi connectivity index (χ3n) is 4.39. The van der Waals surface area contributed by atoms with Gasteiger partial charge in [0.15, 0.2) is 18.9 Å². The zero-order valence-corrected chi connectivity index (χ0v) is 13.9. The summed E-state index contributed by atoms with van der Waals surface area (Å²) in [6, 6.07) is 4.90. The van der Waals surface area contributed by atoms with Crippen LogP contribution in [0.4, 0.5) is 5.69 Å². The van der Waals surface area contributed by atoms with Crippen molar-refractivity contribution in [3.8, 4) is 5.75 Å². The summed E-state index contributed by atoms with van der Waals surface area (Å²) in [5, 5.41) is 8.90. The summed E-state index contributed by atoms with van der Waals surface area (Å²) in [7, 11) is 0. The molecule has 0 aromatic heterocycles. The lowest BCUT2D eigenvalue weighted by atomic mass is 10.1. The molecular weight excluding hydrogens is 324 g/mol. The molecule has 1 atom stereocenters. The Balaban J connectivity index is 1.75. The predicted octanol–water partition coefficient (Wildman–Crippen LogP) is 0.611. The molecule has 132 valence electrons. The minimum atomic E-state index is -0.444. The first-order chi connectivity index (χ1) is 12.2. The molecule has 1 amide bonds. The number of amides is 1. The van der Waals surface area contributed by atoms with Crippen molar-refractivity contribution in [2.45, 2.75) is 18.9 Å². The van der Waals surface area contributed by atoms with Gasteiger partial charge >= 0.3 is 0 Å². The van der Waals surface area contributed by atoms with Gasteiger partial charge in [0, 0.05) is 18.1 Å². The van der Waals surface area contributed by atoms with Crippen LogP contribution in [-0.2, 0) is 4.79 Å². The zero-order valence-electron chi connectivity index (χ0n) is 13.9. The van der Waals surface area contributed by atoms with Crippen LogP contribution in [0, 0.1) is 4.91 Å². The van der Waals surface area contributed by atoms with E-state index < -0.39 is 6.04 Å². The van der Waals surface area contributed by atoms with Crippen LogP contribution in [0.2, 0.25) is 0 Å². The minimum Gasteiger partial charge on any atom is -0.476 e. The SMILES string of the molecule is O=CCC[C@@H](CN=O)NC(=O)c1ccc2c(c1)OCC1=[N+]2CCNC1. The molecule has 1 aromatic carbocycles. The van der Waals surface area contributed by atoms with E-state index in [0.717, 1.165) is 31.6 Å². The molecule has 0 radical (unpaired) electrons. The van der Waals surface area contributed by atoms with E-state index in [-0.39, 0.29) is 18.9 Å². The van der Waals surface area contributed by atoms with Crippen molar-refractivity contribution >= 4 is 23.6 Å². The highest BCUT2D eigenvalue weighted by Gasteiger charge is 2.30. The van der Waals surface area contributed by atoms with Crippen LogP contribution in [-0.4, -0.2) is 61.3 Å². The van der Waals surface area contributed by atoms with E-state index in [2.05, 4.69) is 20.4 Å². The van der Waals surface area contributed by atoms with Gasteiger partial charge in [0.05, 0.1) is 19.1 Å². The molecule has 2 heterocycles. The van der Waals surface area contributed by atoms with Crippen molar-refractivity contribution in [3.63, 3.8) is 0 Å². The van der Waals surface area contributed by atoms with Gasteiger partial charge in [-0.2, -0.15) is 9.48 Å². The molecule has 0 spiro atoms. The van der Waals surface area contributed by atoms with Gasteiger partial charge in [-0.25, -0.2) is 0 Å². The van der Waals surface area contributed by atoms with Gasteiger partial charge in [-0.05, 0) is 18.6 Å². The largest absolute Gasteiger partial charge is 0.476 e. The van der Waals surface area contributed by atoms with E-state index in [1.807, 2.05) is 6.07 Å². The number of hydrogen-bond acceptors (Lipinski definition) is 6. The standard InChI is InChI=1S/C17H20N4O4/c22-7-1-2-13(9-19-24)20-17(23)12-3-4-15-16(8-12)25-11-14-10-18-5-6-21(14)15/h3-4,7-8,13,18H,1-2,5-6,9-11H2/p+1/t13-/m0/s1. The summed E-state index contributed by atoms with van der Waals surface area (Å²) in [6.07, 6.45) is 1.43. The maximum absolute atomic E-state index is 12.4. The summed E-state index contributed by atoms with van der Waals surface area (Å²) in [4.78, 5) is 33.4. The van der Waals surface area contributed by atoms with E-state index >= 15 is 0 Å². The van der Waals surface area contributed by atoms with Gasteiger partial charge in [0.1, 0.15) is 12.8 Å². The fourth-order valence-corrected chi connectivity index (χ4v) is 3.09. The Bertz CT molecular complexity index is 717. The molecule has 3 rings (SSSR count). The molecule has 0 saturated heterocycles. The molecule has 0 unspecified atom stereocenters. The van der Waals surface area contributed by atoms with Crippen molar-refractivity contribution in [1.29, 1.82) is 0 Å². The lowest BCUT2D eigenvalue weighted by molar-refractivity contribution is -0.449. The molecule has 8 heteroatoms. The molecule has 0 saturated carbocycles. The van der Waals surface area contributed by atoms with Crippen molar-refractivity contribution in [3.05, 3.63) is 28.7 Å². The van der Waals surface area contributed by atoms with Crippen LogP contribution in [0.1, 0.15) is 23.2 Å². The second kappa shape index (κ2) is 7.98. The van der Waals surface area contributed by atoms with Gasteiger partial charge in [-0.15, -0.1) is 0 Å². The van der Waals surface area contributed by atoms with Crippen molar-refractivity contribution in [2.75, 3.05) is 32.8 Å². The third kappa shape index (κ3) is 3.90. The highest BCUT2D eigenvalue weighted by molar-refractivity contribution is 5.95. The molecule has 2 aliphatic heterocycles. The number of rotatable bonds is 7.